The Bertz CT molecular complexity index is 243. The average Bonchev–Trinajstić information content (AvgIpc) is 2.16. The fourth-order valence-corrected chi connectivity index (χ4v) is 1.46. The molecule has 15 nitrogen and oxygen atoms in total. The Labute approximate surface area is 133 Å². The minimum atomic E-state index is -5.68. The smallest absolute Gasteiger partial charge is 0.0794 e. The second-order valence-electron chi connectivity index (χ2n) is 3.10. The molecule has 0 unspecified atom stereocenters. The third-order valence-corrected chi connectivity index (χ3v) is 2.80. The second-order valence-corrected chi connectivity index (χ2v) is 5.54. The summed E-state index contributed by atoms with van der Waals surface area (Å²) in [5.74, 6) is 0. The topological polar surface area (TPSA) is 372 Å². The average molecular weight is 398 g/mol. The van der Waals surface area contributed by atoms with Crippen LogP contribution in [0.25, 0.3) is 0 Å². The molecule has 0 rings (SSSR count). The number of quaternary nitrogens is 4. The maximum Gasteiger partial charge on any atom is 0.0794 e. The molecule has 0 aromatic rings. The molecule has 0 atom stereocenters. The van der Waals surface area contributed by atoms with Crippen molar-refractivity contribution in [3.63, 3.8) is 0 Å². The first kappa shape index (κ1) is 43.5. The number of phosphoric acid groups is 2. The molecular weight excluding hydrogens is 366 g/mol. The predicted molar refractivity (Wildman–Crippen MR) is 71.0 cm³/mol. The summed E-state index contributed by atoms with van der Waals surface area (Å²) in [7, 11) is -11.4. The number of rotatable bonds is 6. The first-order chi connectivity index (χ1) is 8.54. The molecule has 0 aliphatic carbocycles. The molecule has 0 fully saturated rings. The largest absolute Gasteiger partial charge is 0.790 e. The molecule has 0 heterocycles. The number of hydrogen-bond donors (Lipinski definition) is 4. The Hall–Kier alpha value is -0.0600. The van der Waals surface area contributed by atoms with Crippen LogP contribution in [0.4, 0.5) is 0 Å². The Balaban J connectivity index is -0.0000000325. The van der Waals surface area contributed by atoms with E-state index in [9.17, 15) is 28.7 Å². The summed E-state index contributed by atoms with van der Waals surface area (Å²) in [4.78, 5) is 37.3. The van der Waals surface area contributed by atoms with E-state index in [0.717, 1.165) is 26.2 Å². The van der Waals surface area contributed by atoms with Crippen molar-refractivity contribution in [2.45, 2.75) is 12.8 Å². The van der Waals surface area contributed by atoms with Gasteiger partial charge < -0.3 is 77.9 Å². The summed E-state index contributed by atoms with van der Waals surface area (Å²) < 4.78 is 21.2. The van der Waals surface area contributed by atoms with E-state index in [1.54, 1.807) is 0 Å². The van der Waals surface area contributed by atoms with Crippen molar-refractivity contribution >= 4 is 15.6 Å². The Kier molecular flexibility index (Phi) is 50.7. The lowest BCUT2D eigenvalue weighted by atomic mass is 10.4. The van der Waals surface area contributed by atoms with Gasteiger partial charge >= 0.3 is 0 Å². The standard InChI is InChI=1S/2C3H10N2.H4O7P2.4H2O/c2*4-2-1-3-5;1-8(2,3)7-9(4,5)6;;;;/h2*1-5H2;(H2,1,2,3)(H2,4,5,6);4*1H2. The monoisotopic (exact) mass is 398 g/mol. The van der Waals surface area contributed by atoms with E-state index in [1.165, 1.54) is 12.8 Å². The second kappa shape index (κ2) is 26.8. The van der Waals surface area contributed by atoms with E-state index in [2.05, 4.69) is 27.2 Å². The van der Waals surface area contributed by atoms with Gasteiger partial charge in [0.1, 0.15) is 0 Å². The maximum absolute atomic E-state index is 9.32. The summed E-state index contributed by atoms with van der Waals surface area (Å²) >= 11 is 0. The summed E-state index contributed by atoms with van der Waals surface area (Å²) in [6.45, 7) is 4.12. The quantitative estimate of drug-likeness (QED) is 0.312. The molecule has 152 valence electrons. The van der Waals surface area contributed by atoms with Crippen molar-refractivity contribution in [2.75, 3.05) is 26.2 Å². The van der Waals surface area contributed by atoms with Crippen LogP contribution in [0.15, 0.2) is 0 Å². The molecule has 0 aliphatic rings. The molecule has 0 spiro atoms. The van der Waals surface area contributed by atoms with E-state index < -0.39 is 15.6 Å². The Morgan fingerprint density at radius 3 is 0.783 bits per heavy atom. The van der Waals surface area contributed by atoms with Crippen LogP contribution in [-0.2, 0) is 13.4 Å². The van der Waals surface area contributed by atoms with Gasteiger partial charge in [0.05, 0.1) is 41.8 Å². The van der Waals surface area contributed by atoms with Gasteiger partial charge in [-0.15, -0.1) is 0 Å². The van der Waals surface area contributed by atoms with Gasteiger partial charge in [0.2, 0.25) is 0 Å². The van der Waals surface area contributed by atoms with E-state index in [1.807, 2.05) is 0 Å². The van der Waals surface area contributed by atoms with Gasteiger partial charge in [-0.05, 0) is 0 Å². The van der Waals surface area contributed by atoms with Gasteiger partial charge in [-0.3, -0.25) is 0 Å². The zero-order valence-electron chi connectivity index (χ0n) is 12.8. The Morgan fingerprint density at radius 2 is 0.783 bits per heavy atom. The first-order valence-corrected chi connectivity index (χ1v) is 8.38. The third-order valence-electron chi connectivity index (χ3n) is 1.20. The molecule has 0 radical (unpaired) electrons. The fraction of sp³-hybridized carbons (Fsp3) is 1.00. The van der Waals surface area contributed by atoms with Crippen LogP contribution in [0.1, 0.15) is 12.8 Å². The molecule has 0 amide bonds. The van der Waals surface area contributed by atoms with E-state index in [-0.39, 0.29) is 21.9 Å². The molecular formula is C6H32N4O11P2. The van der Waals surface area contributed by atoms with Crippen LogP contribution in [0.3, 0.4) is 0 Å². The van der Waals surface area contributed by atoms with Gasteiger partial charge in [-0.1, -0.05) is 0 Å². The van der Waals surface area contributed by atoms with Crippen molar-refractivity contribution in [3.05, 3.63) is 0 Å². The van der Waals surface area contributed by atoms with Crippen molar-refractivity contribution in [1.82, 2.24) is 0 Å². The van der Waals surface area contributed by atoms with Gasteiger partial charge in [0, 0.05) is 12.8 Å². The van der Waals surface area contributed by atoms with Crippen LogP contribution in [0.5, 0.6) is 0 Å². The van der Waals surface area contributed by atoms with Crippen molar-refractivity contribution in [1.29, 1.82) is 0 Å². The van der Waals surface area contributed by atoms with E-state index in [4.69, 9.17) is 0 Å². The highest BCUT2D eigenvalue weighted by Gasteiger charge is 1.92. The lowest BCUT2D eigenvalue weighted by molar-refractivity contribution is -0.405. The zero-order chi connectivity index (χ0) is 15.9. The van der Waals surface area contributed by atoms with E-state index in [0.29, 0.717) is 0 Å². The zero-order valence-corrected chi connectivity index (χ0v) is 14.6. The van der Waals surface area contributed by atoms with Crippen LogP contribution >= 0.6 is 15.6 Å². The summed E-state index contributed by atoms with van der Waals surface area (Å²) in [6.07, 6.45) is 2.33. The van der Waals surface area contributed by atoms with E-state index >= 15 is 0 Å². The molecule has 0 aliphatic heterocycles. The van der Waals surface area contributed by atoms with Gasteiger partial charge in [-0.25, -0.2) is 0 Å². The lowest BCUT2D eigenvalue weighted by Gasteiger charge is -2.39. The van der Waals surface area contributed by atoms with Crippen LogP contribution in [0, 0.1) is 0 Å². The summed E-state index contributed by atoms with van der Waals surface area (Å²) in [6, 6.07) is 0. The molecule has 17 heteroatoms. The molecule has 0 aromatic carbocycles. The van der Waals surface area contributed by atoms with Crippen molar-refractivity contribution in [2.24, 2.45) is 0 Å². The van der Waals surface area contributed by atoms with Crippen LogP contribution in [-0.4, -0.2) is 48.1 Å². The molecule has 20 N–H and O–H groups in total. The van der Waals surface area contributed by atoms with Gasteiger partial charge in [-0.2, -0.15) is 0 Å². The van der Waals surface area contributed by atoms with Crippen molar-refractivity contribution in [3.8, 4) is 0 Å². The predicted octanol–water partition coefficient (Wildman–Crippen LogP) is -10.9. The maximum atomic E-state index is 9.32. The highest BCUT2D eigenvalue weighted by molar-refractivity contribution is 7.57. The fourth-order valence-electron chi connectivity index (χ4n) is 0.476. The molecule has 23 heavy (non-hydrogen) atoms. The van der Waals surface area contributed by atoms with Crippen molar-refractivity contribution < 1.29 is 77.9 Å². The van der Waals surface area contributed by atoms with Crippen LogP contribution < -0.4 is 42.5 Å². The Morgan fingerprint density at radius 1 is 0.609 bits per heavy atom. The minimum absolute atomic E-state index is 0. The lowest BCUT2D eigenvalue weighted by Crippen LogP contribution is -2.57. The van der Waals surface area contributed by atoms with Gasteiger partial charge in [0.25, 0.3) is 0 Å². The molecule has 0 aromatic heterocycles. The highest BCUT2D eigenvalue weighted by Crippen LogP contribution is 2.42. The normalized spacial score (nSPS) is 9.04. The molecule has 0 bridgehead atoms. The van der Waals surface area contributed by atoms with Gasteiger partial charge in [0.15, 0.2) is 0 Å². The minimum Gasteiger partial charge on any atom is -0.790 e. The number of hydrogen-bond acceptors (Lipinski definition) is 7. The molecule has 0 saturated carbocycles. The first-order valence-electron chi connectivity index (χ1n) is 5.46. The highest BCUT2D eigenvalue weighted by atomic mass is 31.3. The summed E-state index contributed by atoms with van der Waals surface area (Å²) in [5.41, 5.74) is 14.5. The van der Waals surface area contributed by atoms with Crippen LogP contribution in [0.2, 0.25) is 0 Å². The SMILES string of the molecule is O.O.O.O.O=P([O-])([O-])OP(=O)([O-])[O-].[NH3+]CCC[NH3+].[NH3+]CCC[NH3+]. The summed E-state index contributed by atoms with van der Waals surface area (Å²) in [5, 5.41) is 0. The third kappa shape index (κ3) is 88.3. The molecule has 0 saturated heterocycles.